The third-order valence-corrected chi connectivity index (χ3v) is 4.50. The van der Waals surface area contributed by atoms with Crippen LogP contribution in [-0.4, -0.2) is 25.5 Å². The molecule has 0 saturated carbocycles. The topological polar surface area (TPSA) is 89.6 Å². The molecular formula is C19H12FN5O. The lowest BCUT2D eigenvalue weighted by molar-refractivity contribution is -0.110. The first kappa shape index (κ1) is 14.6. The van der Waals surface area contributed by atoms with Gasteiger partial charge in [-0.05, 0) is 30.4 Å². The average molecular weight is 345 g/mol. The monoisotopic (exact) mass is 345 g/mol. The SMILES string of the molecule is Nc1ncc2ccc3cnc4c-3c(cc/c4=C3\C=CC(=O)C=C3F)n-2[nH]1. The Labute approximate surface area is 146 Å². The molecule has 126 valence electrons. The molecule has 0 radical (unpaired) electrons. The maximum Gasteiger partial charge on any atom is 0.212 e. The molecule has 0 atom stereocenters. The van der Waals surface area contributed by atoms with Gasteiger partial charge in [-0.15, -0.1) is 0 Å². The standard InChI is InChI=1S/C19H12FN5O/c20-15-7-12(26)3-4-13(15)14-5-6-16-17-10(8-22-18(14)17)1-2-11-9-23-19(21)24-25(11)16/h1-9H,(H3,21,23,24)/b14-13-. The van der Waals surface area contributed by atoms with Gasteiger partial charge in [0.15, 0.2) is 5.78 Å². The minimum absolute atomic E-state index is 0.277. The number of nitrogen functional groups attached to an aromatic ring is 1. The summed E-state index contributed by atoms with van der Waals surface area (Å²) in [6, 6.07) is 7.51. The predicted octanol–water partition coefficient (Wildman–Crippen LogP) is 2.30. The van der Waals surface area contributed by atoms with Gasteiger partial charge >= 0.3 is 0 Å². The number of H-pyrrole nitrogens is 1. The molecule has 0 unspecified atom stereocenters. The normalized spacial score (nSPS) is 16.7. The van der Waals surface area contributed by atoms with E-state index in [-0.39, 0.29) is 11.7 Å². The van der Waals surface area contributed by atoms with E-state index in [1.807, 2.05) is 22.9 Å². The fourth-order valence-electron chi connectivity index (χ4n) is 3.34. The number of nitrogens with one attached hydrogen (secondary N) is 1. The maximum atomic E-state index is 14.4. The minimum atomic E-state index is -0.561. The first-order valence-corrected chi connectivity index (χ1v) is 7.95. The maximum absolute atomic E-state index is 14.4. The van der Waals surface area contributed by atoms with E-state index < -0.39 is 5.83 Å². The van der Waals surface area contributed by atoms with Crippen LogP contribution in [0.1, 0.15) is 0 Å². The van der Waals surface area contributed by atoms with Crippen molar-refractivity contribution in [1.82, 2.24) is 19.7 Å². The van der Waals surface area contributed by atoms with Crippen LogP contribution in [0.15, 0.2) is 60.7 Å². The first-order chi connectivity index (χ1) is 12.6. The molecule has 26 heavy (non-hydrogen) atoms. The summed E-state index contributed by atoms with van der Waals surface area (Å²) in [4.78, 5) is 20.0. The van der Waals surface area contributed by atoms with E-state index in [1.54, 1.807) is 18.5 Å². The summed E-state index contributed by atoms with van der Waals surface area (Å²) in [5.41, 5.74) is 10.3. The van der Waals surface area contributed by atoms with Crippen molar-refractivity contribution in [2.75, 3.05) is 5.73 Å². The van der Waals surface area contributed by atoms with Crippen molar-refractivity contribution in [2.24, 2.45) is 0 Å². The Morgan fingerprint density at radius 3 is 2.81 bits per heavy atom. The Balaban J connectivity index is 1.95. The van der Waals surface area contributed by atoms with Gasteiger partial charge in [-0.3, -0.25) is 19.6 Å². The van der Waals surface area contributed by atoms with Gasteiger partial charge in [0.25, 0.3) is 0 Å². The van der Waals surface area contributed by atoms with Crippen LogP contribution in [0.25, 0.3) is 33.4 Å². The molecule has 0 bridgehead atoms. The van der Waals surface area contributed by atoms with E-state index in [1.165, 1.54) is 12.2 Å². The number of anilines is 1. The Hall–Kier alpha value is -3.74. The molecule has 0 amide bonds. The van der Waals surface area contributed by atoms with Crippen LogP contribution in [0.2, 0.25) is 0 Å². The summed E-state index contributed by atoms with van der Waals surface area (Å²) in [6.07, 6.45) is 7.25. The number of nitrogens with zero attached hydrogens (tertiary/aromatic N) is 3. The third-order valence-electron chi connectivity index (χ3n) is 4.50. The van der Waals surface area contributed by atoms with Crippen molar-refractivity contribution in [3.05, 3.63) is 65.9 Å². The number of fused-ring (bicyclic) bond motifs is 2. The Kier molecular flexibility index (Phi) is 2.88. The highest BCUT2D eigenvalue weighted by Gasteiger charge is 2.19. The summed E-state index contributed by atoms with van der Waals surface area (Å²) < 4.78 is 16.2. The molecule has 3 heterocycles. The summed E-state index contributed by atoms with van der Waals surface area (Å²) in [7, 11) is 0. The lowest BCUT2D eigenvalue weighted by Gasteiger charge is -2.12. The molecule has 3 N–H and O–H groups in total. The number of carbonyl (C=O) groups is 1. The molecule has 1 aromatic carbocycles. The molecular weight excluding hydrogens is 333 g/mol. The number of ketones is 1. The molecule has 0 aromatic heterocycles. The van der Waals surface area contributed by atoms with Crippen LogP contribution < -0.4 is 11.0 Å². The van der Waals surface area contributed by atoms with Gasteiger partial charge in [0.2, 0.25) is 5.95 Å². The zero-order valence-corrected chi connectivity index (χ0v) is 13.4. The number of allylic oxidation sites excluding steroid dienone is 4. The highest BCUT2D eigenvalue weighted by Crippen LogP contribution is 2.32. The highest BCUT2D eigenvalue weighted by molar-refractivity contribution is 6.06. The van der Waals surface area contributed by atoms with Gasteiger partial charge in [0.1, 0.15) is 5.83 Å². The lowest BCUT2D eigenvalue weighted by atomic mass is 10.0. The van der Waals surface area contributed by atoms with Crippen molar-refractivity contribution in [1.29, 1.82) is 0 Å². The van der Waals surface area contributed by atoms with E-state index in [9.17, 15) is 9.18 Å². The summed E-state index contributed by atoms with van der Waals surface area (Å²) in [5.74, 6) is -0.646. The summed E-state index contributed by atoms with van der Waals surface area (Å²) >= 11 is 0. The molecule has 6 nitrogen and oxygen atoms in total. The summed E-state index contributed by atoms with van der Waals surface area (Å²) in [6.45, 7) is 0. The molecule has 7 heteroatoms. The molecule has 0 fully saturated rings. The third kappa shape index (κ3) is 2.00. The van der Waals surface area contributed by atoms with Crippen molar-refractivity contribution >= 4 is 28.3 Å². The number of hydrogen-bond donors (Lipinski definition) is 2. The average Bonchev–Trinajstić information content (AvgIpc) is 2.98. The zero-order valence-electron chi connectivity index (χ0n) is 13.4. The molecule has 4 aliphatic rings. The number of aromatic amines is 1. The van der Waals surface area contributed by atoms with Gasteiger partial charge in [-0.1, -0.05) is 6.07 Å². The second-order valence-corrected chi connectivity index (χ2v) is 6.06. The van der Waals surface area contributed by atoms with Gasteiger partial charge in [0, 0.05) is 34.2 Å². The molecule has 1 aliphatic carbocycles. The van der Waals surface area contributed by atoms with Crippen molar-refractivity contribution in [3.63, 3.8) is 0 Å². The van der Waals surface area contributed by atoms with Crippen LogP contribution >= 0.6 is 0 Å². The van der Waals surface area contributed by atoms with E-state index in [0.29, 0.717) is 16.3 Å². The molecule has 3 aliphatic heterocycles. The summed E-state index contributed by atoms with van der Waals surface area (Å²) in [5, 5.41) is 3.66. The molecule has 0 saturated heterocycles. The fraction of sp³-hybridized carbons (Fsp3) is 0. The van der Waals surface area contributed by atoms with Gasteiger partial charge in [-0.25, -0.2) is 9.37 Å². The number of halogens is 1. The Morgan fingerprint density at radius 1 is 1.08 bits per heavy atom. The number of hydrogen-bond acceptors (Lipinski definition) is 4. The zero-order chi connectivity index (χ0) is 17.8. The van der Waals surface area contributed by atoms with Crippen LogP contribution in [-0.2, 0) is 4.79 Å². The minimum Gasteiger partial charge on any atom is -0.368 e. The van der Waals surface area contributed by atoms with Crippen molar-refractivity contribution < 1.29 is 9.18 Å². The van der Waals surface area contributed by atoms with E-state index in [4.69, 9.17) is 5.73 Å². The van der Waals surface area contributed by atoms with Crippen molar-refractivity contribution in [3.8, 4) is 16.8 Å². The van der Waals surface area contributed by atoms with Crippen LogP contribution in [0.4, 0.5) is 10.3 Å². The van der Waals surface area contributed by atoms with Gasteiger partial charge < -0.3 is 5.73 Å². The molecule has 5 rings (SSSR count). The quantitative estimate of drug-likeness (QED) is 0.512. The predicted molar refractivity (Wildman–Crippen MR) is 96.2 cm³/mol. The number of aromatic nitrogens is 4. The van der Waals surface area contributed by atoms with Gasteiger partial charge in [-0.2, -0.15) is 0 Å². The highest BCUT2D eigenvalue weighted by atomic mass is 19.1. The number of rotatable bonds is 0. The lowest BCUT2D eigenvalue weighted by Crippen LogP contribution is -2.12. The Morgan fingerprint density at radius 2 is 1.96 bits per heavy atom. The first-order valence-electron chi connectivity index (χ1n) is 7.95. The smallest absolute Gasteiger partial charge is 0.212 e. The second kappa shape index (κ2) is 5.13. The van der Waals surface area contributed by atoms with Crippen LogP contribution in [0.3, 0.4) is 0 Å². The van der Waals surface area contributed by atoms with Gasteiger partial charge in [0.05, 0.1) is 22.9 Å². The van der Waals surface area contributed by atoms with E-state index in [0.717, 1.165) is 28.4 Å². The van der Waals surface area contributed by atoms with E-state index in [2.05, 4.69) is 15.1 Å². The van der Waals surface area contributed by atoms with Crippen molar-refractivity contribution in [2.45, 2.75) is 0 Å². The Bertz CT molecular complexity index is 1280. The fourth-order valence-corrected chi connectivity index (χ4v) is 3.34. The number of nitrogens with two attached hydrogens (primary N) is 1. The largest absolute Gasteiger partial charge is 0.368 e. The molecule has 0 spiro atoms. The van der Waals surface area contributed by atoms with Crippen LogP contribution in [0, 0.1) is 0 Å². The second-order valence-electron chi connectivity index (χ2n) is 6.06. The van der Waals surface area contributed by atoms with E-state index >= 15 is 0 Å². The number of carbonyl (C=O) groups excluding carboxylic acids is 1. The van der Waals surface area contributed by atoms with Crippen LogP contribution in [0.5, 0.6) is 0 Å². The molecule has 1 aromatic rings. The number of benzene rings is 1.